The molecule has 0 spiro atoms. The Kier molecular flexibility index (Phi) is 5.15. The monoisotopic (exact) mass is 378 g/mol. The minimum absolute atomic E-state index is 0.0547. The van der Waals surface area contributed by atoms with Crippen LogP contribution in [0.5, 0.6) is 5.75 Å². The second kappa shape index (κ2) is 7.59. The normalized spacial score (nSPS) is 23.0. The SMILES string of the molecule is CC1Cc2cc(-c3ccc(CNC(=O)C4CNCC(C)(C)C4)cc3)ccc2O1. The largest absolute Gasteiger partial charge is 0.490 e. The van der Waals surface area contributed by atoms with Gasteiger partial charge in [-0.15, -0.1) is 0 Å². The number of hydrogen-bond donors (Lipinski definition) is 2. The van der Waals surface area contributed by atoms with E-state index >= 15 is 0 Å². The molecule has 4 nitrogen and oxygen atoms in total. The van der Waals surface area contributed by atoms with Gasteiger partial charge in [0, 0.05) is 26.1 Å². The molecule has 148 valence electrons. The molecule has 0 saturated carbocycles. The number of carbonyl (C=O) groups is 1. The summed E-state index contributed by atoms with van der Waals surface area (Å²) in [6, 6.07) is 14.9. The van der Waals surface area contributed by atoms with Gasteiger partial charge in [-0.25, -0.2) is 0 Å². The molecule has 1 fully saturated rings. The van der Waals surface area contributed by atoms with E-state index in [2.05, 4.69) is 73.9 Å². The lowest BCUT2D eigenvalue weighted by molar-refractivity contribution is -0.126. The highest BCUT2D eigenvalue weighted by atomic mass is 16.5. The molecular formula is C24H30N2O2. The average molecular weight is 379 g/mol. The van der Waals surface area contributed by atoms with E-state index in [-0.39, 0.29) is 23.3 Å². The average Bonchev–Trinajstić information content (AvgIpc) is 3.05. The van der Waals surface area contributed by atoms with E-state index in [9.17, 15) is 4.79 Å². The van der Waals surface area contributed by atoms with Crippen LogP contribution in [0.1, 0.15) is 38.3 Å². The second-order valence-corrected chi connectivity index (χ2v) is 9.07. The zero-order valence-electron chi connectivity index (χ0n) is 17.0. The van der Waals surface area contributed by atoms with E-state index in [1.54, 1.807) is 0 Å². The molecule has 0 bridgehead atoms. The van der Waals surface area contributed by atoms with Crippen molar-refractivity contribution < 1.29 is 9.53 Å². The van der Waals surface area contributed by atoms with Crippen molar-refractivity contribution in [3.05, 3.63) is 53.6 Å². The topological polar surface area (TPSA) is 50.4 Å². The van der Waals surface area contributed by atoms with Crippen LogP contribution in [0.4, 0.5) is 0 Å². The number of fused-ring (bicyclic) bond motifs is 1. The van der Waals surface area contributed by atoms with Crippen molar-refractivity contribution in [1.82, 2.24) is 10.6 Å². The van der Waals surface area contributed by atoms with Crippen LogP contribution in [0.25, 0.3) is 11.1 Å². The van der Waals surface area contributed by atoms with E-state index in [1.807, 2.05) is 0 Å². The molecule has 2 atom stereocenters. The molecular weight excluding hydrogens is 348 g/mol. The minimum Gasteiger partial charge on any atom is -0.490 e. The van der Waals surface area contributed by atoms with Crippen LogP contribution in [-0.4, -0.2) is 25.1 Å². The number of benzene rings is 2. The van der Waals surface area contributed by atoms with Gasteiger partial charge in [-0.1, -0.05) is 44.2 Å². The van der Waals surface area contributed by atoms with Crippen LogP contribution in [0.15, 0.2) is 42.5 Å². The lowest BCUT2D eigenvalue weighted by Gasteiger charge is -2.35. The van der Waals surface area contributed by atoms with Crippen LogP contribution >= 0.6 is 0 Å². The molecule has 1 amide bonds. The number of nitrogens with one attached hydrogen (secondary N) is 2. The Morgan fingerprint density at radius 2 is 1.93 bits per heavy atom. The number of amides is 1. The molecule has 2 aliphatic rings. The molecule has 2 N–H and O–H groups in total. The summed E-state index contributed by atoms with van der Waals surface area (Å²) < 4.78 is 5.79. The zero-order chi connectivity index (χ0) is 19.7. The van der Waals surface area contributed by atoms with E-state index in [1.165, 1.54) is 16.7 Å². The Hall–Kier alpha value is -2.33. The van der Waals surface area contributed by atoms with Crippen LogP contribution in [0, 0.1) is 11.3 Å². The smallest absolute Gasteiger partial charge is 0.224 e. The Morgan fingerprint density at radius 3 is 2.68 bits per heavy atom. The predicted molar refractivity (Wildman–Crippen MR) is 112 cm³/mol. The third-order valence-corrected chi connectivity index (χ3v) is 5.81. The highest BCUT2D eigenvalue weighted by Gasteiger charge is 2.31. The molecule has 2 aromatic carbocycles. The third-order valence-electron chi connectivity index (χ3n) is 5.81. The third kappa shape index (κ3) is 4.22. The summed E-state index contributed by atoms with van der Waals surface area (Å²) in [7, 11) is 0. The van der Waals surface area contributed by atoms with Crippen molar-refractivity contribution in [3.63, 3.8) is 0 Å². The van der Waals surface area contributed by atoms with E-state index < -0.39 is 0 Å². The van der Waals surface area contributed by atoms with E-state index in [4.69, 9.17) is 4.74 Å². The van der Waals surface area contributed by atoms with Gasteiger partial charge in [0.05, 0.1) is 5.92 Å². The van der Waals surface area contributed by atoms with Crippen LogP contribution < -0.4 is 15.4 Å². The molecule has 1 saturated heterocycles. The first kappa shape index (κ1) is 19.0. The van der Waals surface area contributed by atoms with E-state index in [0.717, 1.165) is 37.2 Å². The highest BCUT2D eigenvalue weighted by molar-refractivity contribution is 5.79. The Balaban J connectivity index is 1.36. The standard InChI is InChI=1S/C24H30N2O2/c1-16-10-20-11-19(8-9-22(20)28-16)18-6-4-17(5-7-18)13-26-23(27)21-12-24(2,3)15-25-14-21/h4-9,11,16,21,25H,10,12-15H2,1-3H3,(H,26,27). The molecule has 2 aliphatic heterocycles. The fourth-order valence-electron chi connectivity index (χ4n) is 4.33. The van der Waals surface area contributed by atoms with Crippen LogP contribution in [0.3, 0.4) is 0 Å². The molecule has 28 heavy (non-hydrogen) atoms. The van der Waals surface area contributed by atoms with Crippen LogP contribution in [0.2, 0.25) is 0 Å². The number of piperidine rings is 1. The number of ether oxygens (including phenoxy) is 1. The molecule has 0 radical (unpaired) electrons. The first-order valence-corrected chi connectivity index (χ1v) is 10.3. The minimum atomic E-state index is 0.0547. The van der Waals surface area contributed by atoms with Crippen molar-refractivity contribution in [2.45, 2.75) is 46.3 Å². The summed E-state index contributed by atoms with van der Waals surface area (Å²) in [6.45, 7) is 8.85. The van der Waals surface area contributed by atoms with Crippen molar-refractivity contribution in [1.29, 1.82) is 0 Å². The quantitative estimate of drug-likeness (QED) is 0.848. The molecule has 2 aromatic rings. The number of hydrogen-bond acceptors (Lipinski definition) is 3. The predicted octanol–water partition coefficient (Wildman–Crippen LogP) is 3.93. The van der Waals surface area contributed by atoms with Gasteiger partial charge in [-0.2, -0.15) is 0 Å². The molecule has 2 heterocycles. The summed E-state index contributed by atoms with van der Waals surface area (Å²) in [6.07, 6.45) is 2.17. The van der Waals surface area contributed by atoms with Crippen molar-refractivity contribution >= 4 is 5.91 Å². The molecule has 4 rings (SSSR count). The maximum absolute atomic E-state index is 12.5. The molecule has 4 heteroatoms. The first-order chi connectivity index (χ1) is 13.4. The lowest BCUT2D eigenvalue weighted by Crippen LogP contribution is -2.47. The Labute approximate surface area is 167 Å². The van der Waals surface area contributed by atoms with Crippen molar-refractivity contribution in [2.24, 2.45) is 11.3 Å². The van der Waals surface area contributed by atoms with Gasteiger partial charge in [-0.3, -0.25) is 4.79 Å². The number of rotatable bonds is 4. The molecule has 2 unspecified atom stereocenters. The summed E-state index contributed by atoms with van der Waals surface area (Å²) in [4.78, 5) is 12.5. The van der Waals surface area contributed by atoms with Gasteiger partial charge < -0.3 is 15.4 Å². The molecule has 0 aliphatic carbocycles. The van der Waals surface area contributed by atoms with Gasteiger partial charge in [0.1, 0.15) is 11.9 Å². The fraction of sp³-hybridized carbons (Fsp3) is 0.458. The van der Waals surface area contributed by atoms with Crippen molar-refractivity contribution in [3.8, 4) is 16.9 Å². The Bertz CT molecular complexity index is 857. The Morgan fingerprint density at radius 1 is 1.18 bits per heavy atom. The first-order valence-electron chi connectivity index (χ1n) is 10.3. The van der Waals surface area contributed by atoms with Gasteiger partial charge in [0.2, 0.25) is 5.91 Å². The molecule has 0 aromatic heterocycles. The van der Waals surface area contributed by atoms with Gasteiger partial charge >= 0.3 is 0 Å². The van der Waals surface area contributed by atoms with Gasteiger partial charge in [0.25, 0.3) is 0 Å². The van der Waals surface area contributed by atoms with E-state index in [0.29, 0.717) is 6.54 Å². The number of carbonyl (C=O) groups excluding carboxylic acids is 1. The zero-order valence-corrected chi connectivity index (χ0v) is 17.0. The van der Waals surface area contributed by atoms with Crippen molar-refractivity contribution in [2.75, 3.05) is 13.1 Å². The maximum Gasteiger partial charge on any atom is 0.224 e. The summed E-state index contributed by atoms with van der Waals surface area (Å²) in [5.41, 5.74) is 4.99. The summed E-state index contributed by atoms with van der Waals surface area (Å²) in [5, 5.41) is 6.49. The fourth-order valence-corrected chi connectivity index (χ4v) is 4.33. The maximum atomic E-state index is 12.5. The second-order valence-electron chi connectivity index (χ2n) is 9.07. The van der Waals surface area contributed by atoms with Crippen LogP contribution in [-0.2, 0) is 17.8 Å². The summed E-state index contributed by atoms with van der Waals surface area (Å²) in [5.74, 6) is 1.21. The highest BCUT2D eigenvalue weighted by Crippen LogP contribution is 2.33. The van der Waals surface area contributed by atoms with Gasteiger partial charge in [0.15, 0.2) is 0 Å². The summed E-state index contributed by atoms with van der Waals surface area (Å²) >= 11 is 0. The van der Waals surface area contributed by atoms with Gasteiger partial charge in [-0.05, 0) is 53.1 Å². The lowest BCUT2D eigenvalue weighted by atomic mass is 9.79.